The fourth-order valence-electron chi connectivity index (χ4n) is 2.49. The average molecular weight is 218 g/mol. The van der Waals surface area contributed by atoms with Crippen molar-refractivity contribution in [2.75, 3.05) is 6.61 Å². The zero-order valence-corrected chi connectivity index (χ0v) is 9.27. The standard InChI is InChI=1S/C12H14N2O2/c1-2-15-11-5-9-3-4-10(12(11)16-9)8(6-13)7-14/h9,11-12H,2-5H2,1H3/t9-,11+,12+/m1/s1. The zero-order valence-electron chi connectivity index (χ0n) is 9.27. The summed E-state index contributed by atoms with van der Waals surface area (Å²) in [6, 6.07) is 3.90. The molecule has 2 heterocycles. The molecule has 0 aliphatic carbocycles. The van der Waals surface area contributed by atoms with Gasteiger partial charge in [-0.05, 0) is 25.3 Å². The molecule has 0 saturated carbocycles. The lowest BCUT2D eigenvalue weighted by Gasteiger charge is -2.25. The van der Waals surface area contributed by atoms with Crippen molar-refractivity contribution < 1.29 is 9.47 Å². The van der Waals surface area contributed by atoms with E-state index >= 15 is 0 Å². The van der Waals surface area contributed by atoms with E-state index in [-0.39, 0.29) is 23.9 Å². The van der Waals surface area contributed by atoms with Gasteiger partial charge in [-0.3, -0.25) is 0 Å². The number of hydrogen-bond acceptors (Lipinski definition) is 4. The highest BCUT2D eigenvalue weighted by atomic mass is 16.6. The topological polar surface area (TPSA) is 66.0 Å². The maximum absolute atomic E-state index is 8.89. The van der Waals surface area contributed by atoms with Crippen molar-refractivity contribution in [2.24, 2.45) is 0 Å². The van der Waals surface area contributed by atoms with E-state index < -0.39 is 0 Å². The molecule has 4 heteroatoms. The van der Waals surface area contributed by atoms with E-state index in [4.69, 9.17) is 20.0 Å². The smallest absolute Gasteiger partial charge is 0.131 e. The van der Waals surface area contributed by atoms with Crippen LogP contribution in [0.15, 0.2) is 11.1 Å². The Morgan fingerprint density at radius 2 is 2.25 bits per heavy atom. The number of hydrogen-bond donors (Lipinski definition) is 0. The molecule has 0 amide bonds. The summed E-state index contributed by atoms with van der Waals surface area (Å²) in [7, 11) is 0. The van der Waals surface area contributed by atoms with Gasteiger partial charge >= 0.3 is 0 Å². The van der Waals surface area contributed by atoms with Gasteiger partial charge in [0, 0.05) is 13.0 Å². The molecule has 0 aromatic carbocycles. The molecule has 2 rings (SSSR count). The summed E-state index contributed by atoms with van der Waals surface area (Å²) in [6.45, 7) is 2.58. The van der Waals surface area contributed by atoms with Crippen LogP contribution in [-0.4, -0.2) is 24.9 Å². The average Bonchev–Trinajstić information content (AvgIpc) is 2.61. The molecule has 0 radical (unpaired) electrons. The number of rotatable bonds is 2. The van der Waals surface area contributed by atoms with E-state index in [9.17, 15) is 0 Å². The number of allylic oxidation sites excluding steroid dienone is 1. The highest BCUT2D eigenvalue weighted by Crippen LogP contribution is 2.38. The molecule has 0 aromatic rings. The van der Waals surface area contributed by atoms with E-state index in [1.54, 1.807) is 0 Å². The lowest BCUT2D eigenvalue weighted by atomic mass is 9.97. The lowest BCUT2D eigenvalue weighted by molar-refractivity contribution is -0.0143. The van der Waals surface area contributed by atoms with Gasteiger partial charge in [0.05, 0.1) is 12.2 Å². The minimum Gasteiger partial charge on any atom is -0.375 e. The Balaban J connectivity index is 2.27. The normalized spacial score (nSPS) is 31.9. The SMILES string of the molecule is CCO[C@H]1C[C@H]2CCC(=C(C#N)C#N)[C@@H]1O2. The Labute approximate surface area is 95.1 Å². The second kappa shape index (κ2) is 4.65. The molecule has 2 fully saturated rings. The summed E-state index contributed by atoms with van der Waals surface area (Å²) in [6.07, 6.45) is 2.64. The van der Waals surface area contributed by atoms with Crippen LogP contribution in [-0.2, 0) is 9.47 Å². The molecule has 2 aliphatic rings. The molecule has 3 atom stereocenters. The van der Waals surface area contributed by atoms with Crippen molar-refractivity contribution in [3.8, 4) is 12.1 Å². The van der Waals surface area contributed by atoms with Crippen LogP contribution < -0.4 is 0 Å². The number of fused-ring (bicyclic) bond motifs is 2. The van der Waals surface area contributed by atoms with Crippen LogP contribution in [0.2, 0.25) is 0 Å². The fourth-order valence-corrected chi connectivity index (χ4v) is 2.49. The van der Waals surface area contributed by atoms with Gasteiger partial charge in [-0.1, -0.05) is 0 Å². The van der Waals surface area contributed by atoms with Crippen molar-refractivity contribution in [2.45, 2.75) is 44.5 Å². The van der Waals surface area contributed by atoms with Crippen LogP contribution in [0.1, 0.15) is 26.2 Å². The second-order valence-corrected chi connectivity index (χ2v) is 4.07. The van der Waals surface area contributed by atoms with E-state index in [0.717, 1.165) is 24.8 Å². The summed E-state index contributed by atoms with van der Waals surface area (Å²) in [5, 5.41) is 17.8. The first-order chi connectivity index (χ1) is 7.80. The summed E-state index contributed by atoms with van der Waals surface area (Å²) in [4.78, 5) is 0. The maximum Gasteiger partial charge on any atom is 0.131 e. The third kappa shape index (κ3) is 1.82. The molecule has 0 unspecified atom stereocenters. The molecule has 0 spiro atoms. The van der Waals surface area contributed by atoms with E-state index in [2.05, 4.69) is 0 Å². The van der Waals surface area contributed by atoms with Crippen LogP contribution in [0.25, 0.3) is 0 Å². The Hall–Kier alpha value is -1.36. The van der Waals surface area contributed by atoms with Gasteiger partial charge in [0.15, 0.2) is 0 Å². The van der Waals surface area contributed by atoms with Crippen molar-refractivity contribution in [1.29, 1.82) is 10.5 Å². The van der Waals surface area contributed by atoms with Crippen LogP contribution in [0.3, 0.4) is 0 Å². The highest BCUT2D eigenvalue weighted by molar-refractivity contribution is 5.43. The van der Waals surface area contributed by atoms with Crippen molar-refractivity contribution in [3.63, 3.8) is 0 Å². The minimum absolute atomic E-state index is 0.0178. The molecular formula is C12H14N2O2. The second-order valence-electron chi connectivity index (χ2n) is 4.07. The summed E-state index contributed by atoms with van der Waals surface area (Å²) in [5.74, 6) is 0. The minimum atomic E-state index is -0.173. The molecule has 0 aromatic heterocycles. The number of ether oxygens (including phenoxy) is 2. The van der Waals surface area contributed by atoms with Crippen molar-refractivity contribution >= 4 is 0 Å². The van der Waals surface area contributed by atoms with Gasteiger partial charge in [0.2, 0.25) is 0 Å². The van der Waals surface area contributed by atoms with Gasteiger partial charge in [-0.2, -0.15) is 10.5 Å². The summed E-state index contributed by atoms with van der Waals surface area (Å²) < 4.78 is 11.4. The lowest BCUT2D eigenvalue weighted by Crippen LogP contribution is -2.29. The first-order valence-electron chi connectivity index (χ1n) is 5.60. The third-order valence-electron chi connectivity index (χ3n) is 3.18. The predicted octanol–water partition coefficient (Wildman–Crippen LogP) is 1.69. The van der Waals surface area contributed by atoms with Gasteiger partial charge in [-0.15, -0.1) is 0 Å². The van der Waals surface area contributed by atoms with Gasteiger partial charge in [0.1, 0.15) is 23.8 Å². The largest absolute Gasteiger partial charge is 0.375 e. The van der Waals surface area contributed by atoms with Crippen LogP contribution in [0.5, 0.6) is 0 Å². The predicted molar refractivity (Wildman–Crippen MR) is 56.2 cm³/mol. The van der Waals surface area contributed by atoms with Crippen LogP contribution in [0.4, 0.5) is 0 Å². The monoisotopic (exact) mass is 218 g/mol. The molecule has 4 nitrogen and oxygen atoms in total. The van der Waals surface area contributed by atoms with Crippen LogP contribution >= 0.6 is 0 Å². The van der Waals surface area contributed by atoms with E-state index in [0.29, 0.717) is 6.61 Å². The molecule has 84 valence electrons. The fraction of sp³-hybridized carbons (Fsp3) is 0.667. The highest BCUT2D eigenvalue weighted by Gasteiger charge is 2.42. The first-order valence-corrected chi connectivity index (χ1v) is 5.60. The molecule has 2 aliphatic heterocycles. The molecule has 0 N–H and O–H groups in total. The van der Waals surface area contributed by atoms with Gasteiger partial charge < -0.3 is 9.47 Å². The Bertz CT molecular complexity index is 373. The van der Waals surface area contributed by atoms with Crippen molar-refractivity contribution in [1.82, 2.24) is 0 Å². The number of nitriles is 2. The molecule has 2 saturated heterocycles. The van der Waals surface area contributed by atoms with E-state index in [1.165, 1.54) is 0 Å². The van der Waals surface area contributed by atoms with E-state index in [1.807, 2.05) is 19.1 Å². The quantitative estimate of drug-likeness (QED) is 0.661. The Morgan fingerprint density at radius 3 is 2.88 bits per heavy atom. The molecule has 2 bridgehead atoms. The maximum atomic E-state index is 8.89. The Morgan fingerprint density at radius 1 is 1.50 bits per heavy atom. The van der Waals surface area contributed by atoms with Crippen molar-refractivity contribution in [3.05, 3.63) is 11.1 Å². The number of nitrogens with zero attached hydrogens (tertiary/aromatic N) is 2. The third-order valence-corrected chi connectivity index (χ3v) is 3.18. The van der Waals surface area contributed by atoms with Gasteiger partial charge in [0.25, 0.3) is 0 Å². The van der Waals surface area contributed by atoms with Gasteiger partial charge in [-0.25, -0.2) is 0 Å². The summed E-state index contributed by atoms with van der Waals surface area (Å²) in [5.41, 5.74) is 1.03. The molecular weight excluding hydrogens is 204 g/mol. The first kappa shape index (κ1) is 11.1. The summed E-state index contributed by atoms with van der Waals surface area (Å²) >= 11 is 0. The van der Waals surface area contributed by atoms with Crippen LogP contribution in [0, 0.1) is 22.7 Å². The Kier molecular flexibility index (Phi) is 3.24. The molecule has 16 heavy (non-hydrogen) atoms. The zero-order chi connectivity index (χ0) is 11.5.